The van der Waals surface area contributed by atoms with Crippen LogP contribution in [-0.2, 0) is 0 Å². The van der Waals surface area contributed by atoms with Crippen LogP contribution in [0, 0.1) is 6.92 Å². The minimum Gasteiger partial charge on any atom is -0.352 e. The van der Waals surface area contributed by atoms with Gasteiger partial charge in [-0.3, -0.25) is 4.98 Å². The number of halogens is 1. The van der Waals surface area contributed by atoms with Crippen LogP contribution in [0.2, 0.25) is 5.02 Å². The van der Waals surface area contributed by atoms with E-state index in [2.05, 4.69) is 39.4 Å². The van der Waals surface area contributed by atoms with E-state index in [4.69, 9.17) is 11.6 Å². The molecule has 6 heteroatoms. The Kier molecular flexibility index (Phi) is 5.68. The maximum absolute atomic E-state index is 6.23. The molecule has 0 amide bonds. The molecule has 2 heterocycles. The standard InChI is InChI=1S/C20H22ClN5/c1-4-14(3)23-20-25-18(15-6-5-9-22-12-15)11-19(26-20)24-16-8-7-13(2)17(21)10-16/h5-12,14H,4H2,1-3H3,(H2,23,24,25,26)/t14-/m1/s1. The fraction of sp³-hybridized carbons (Fsp3) is 0.250. The van der Waals surface area contributed by atoms with Crippen molar-refractivity contribution >= 4 is 29.1 Å². The summed E-state index contributed by atoms with van der Waals surface area (Å²) in [7, 11) is 0. The van der Waals surface area contributed by atoms with Gasteiger partial charge in [0, 0.05) is 40.8 Å². The van der Waals surface area contributed by atoms with Gasteiger partial charge in [0.2, 0.25) is 5.95 Å². The van der Waals surface area contributed by atoms with Crippen LogP contribution in [0.1, 0.15) is 25.8 Å². The average molecular weight is 368 g/mol. The number of aromatic nitrogens is 3. The zero-order valence-electron chi connectivity index (χ0n) is 15.1. The van der Waals surface area contributed by atoms with Crippen LogP contribution in [0.4, 0.5) is 17.5 Å². The minimum atomic E-state index is 0.279. The molecule has 0 unspecified atom stereocenters. The van der Waals surface area contributed by atoms with Crippen molar-refractivity contribution in [2.45, 2.75) is 33.2 Å². The SMILES string of the molecule is CC[C@@H](C)Nc1nc(Nc2ccc(C)c(Cl)c2)cc(-c2cccnc2)n1. The lowest BCUT2D eigenvalue weighted by atomic mass is 10.2. The number of anilines is 3. The molecule has 2 N–H and O–H groups in total. The zero-order valence-corrected chi connectivity index (χ0v) is 15.9. The van der Waals surface area contributed by atoms with Crippen molar-refractivity contribution in [3.63, 3.8) is 0 Å². The molecule has 3 rings (SSSR count). The van der Waals surface area contributed by atoms with Gasteiger partial charge in [0.15, 0.2) is 0 Å². The lowest BCUT2D eigenvalue weighted by Crippen LogP contribution is -2.16. The maximum atomic E-state index is 6.23. The Labute approximate surface area is 158 Å². The van der Waals surface area contributed by atoms with E-state index < -0.39 is 0 Å². The van der Waals surface area contributed by atoms with Gasteiger partial charge in [0.25, 0.3) is 0 Å². The summed E-state index contributed by atoms with van der Waals surface area (Å²) < 4.78 is 0. The summed E-state index contributed by atoms with van der Waals surface area (Å²) in [6.07, 6.45) is 4.52. The Bertz CT molecular complexity index is 883. The molecule has 1 aromatic carbocycles. The molecular weight excluding hydrogens is 346 g/mol. The largest absolute Gasteiger partial charge is 0.352 e. The van der Waals surface area contributed by atoms with E-state index in [-0.39, 0.29) is 6.04 Å². The lowest BCUT2D eigenvalue weighted by molar-refractivity contribution is 0.753. The van der Waals surface area contributed by atoms with Crippen LogP contribution in [0.15, 0.2) is 48.8 Å². The maximum Gasteiger partial charge on any atom is 0.225 e. The fourth-order valence-electron chi connectivity index (χ4n) is 2.38. The molecule has 26 heavy (non-hydrogen) atoms. The Morgan fingerprint density at radius 1 is 1.15 bits per heavy atom. The molecule has 1 atom stereocenters. The van der Waals surface area contributed by atoms with Crippen molar-refractivity contribution in [2.24, 2.45) is 0 Å². The van der Waals surface area contributed by atoms with E-state index in [1.165, 1.54) is 0 Å². The van der Waals surface area contributed by atoms with Crippen molar-refractivity contribution in [1.29, 1.82) is 0 Å². The highest BCUT2D eigenvalue weighted by molar-refractivity contribution is 6.31. The Morgan fingerprint density at radius 3 is 2.69 bits per heavy atom. The van der Waals surface area contributed by atoms with Gasteiger partial charge in [-0.1, -0.05) is 24.6 Å². The first-order valence-corrected chi connectivity index (χ1v) is 9.02. The van der Waals surface area contributed by atoms with Crippen molar-refractivity contribution in [3.8, 4) is 11.3 Å². The summed E-state index contributed by atoms with van der Waals surface area (Å²) >= 11 is 6.23. The molecule has 0 saturated heterocycles. The van der Waals surface area contributed by atoms with Crippen LogP contribution >= 0.6 is 11.6 Å². The van der Waals surface area contributed by atoms with E-state index in [1.807, 2.05) is 43.3 Å². The topological polar surface area (TPSA) is 62.7 Å². The molecule has 0 spiro atoms. The molecule has 0 radical (unpaired) electrons. The summed E-state index contributed by atoms with van der Waals surface area (Å²) in [5, 5.41) is 7.37. The summed E-state index contributed by atoms with van der Waals surface area (Å²) in [6, 6.07) is 11.9. The second kappa shape index (κ2) is 8.15. The van der Waals surface area contributed by atoms with Gasteiger partial charge >= 0.3 is 0 Å². The van der Waals surface area contributed by atoms with Crippen molar-refractivity contribution in [1.82, 2.24) is 15.0 Å². The highest BCUT2D eigenvalue weighted by Crippen LogP contribution is 2.26. The second-order valence-corrected chi connectivity index (χ2v) is 6.65. The first kappa shape index (κ1) is 18.1. The lowest BCUT2D eigenvalue weighted by Gasteiger charge is -2.15. The first-order valence-electron chi connectivity index (χ1n) is 8.64. The van der Waals surface area contributed by atoms with Crippen molar-refractivity contribution in [2.75, 3.05) is 10.6 Å². The Hall–Kier alpha value is -2.66. The monoisotopic (exact) mass is 367 g/mol. The van der Waals surface area contributed by atoms with Crippen LogP contribution in [0.3, 0.4) is 0 Å². The fourth-order valence-corrected chi connectivity index (χ4v) is 2.56. The van der Waals surface area contributed by atoms with E-state index in [0.29, 0.717) is 11.8 Å². The zero-order chi connectivity index (χ0) is 18.5. The van der Waals surface area contributed by atoms with Gasteiger partial charge in [-0.2, -0.15) is 4.98 Å². The molecule has 0 bridgehead atoms. The van der Waals surface area contributed by atoms with Gasteiger partial charge in [-0.05, 0) is 50.1 Å². The molecule has 134 valence electrons. The minimum absolute atomic E-state index is 0.279. The Morgan fingerprint density at radius 2 is 2.00 bits per heavy atom. The summed E-state index contributed by atoms with van der Waals surface area (Å²) in [5.41, 5.74) is 3.66. The molecule has 0 aliphatic carbocycles. The van der Waals surface area contributed by atoms with E-state index in [1.54, 1.807) is 12.4 Å². The molecule has 5 nitrogen and oxygen atoms in total. The Balaban J connectivity index is 1.97. The van der Waals surface area contributed by atoms with Crippen LogP contribution in [0.5, 0.6) is 0 Å². The summed E-state index contributed by atoms with van der Waals surface area (Å²) in [4.78, 5) is 13.4. The van der Waals surface area contributed by atoms with E-state index >= 15 is 0 Å². The number of aryl methyl sites for hydroxylation is 1. The van der Waals surface area contributed by atoms with Crippen LogP contribution in [-0.4, -0.2) is 21.0 Å². The molecule has 0 fully saturated rings. The van der Waals surface area contributed by atoms with E-state index in [0.717, 1.165) is 34.0 Å². The predicted octanol–water partition coefficient (Wildman–Crippen LogP) is 5.45. The van der Waals surface area contributed by atoms with Gasteiger partial charge in [-0.25, -0.2) is 4.98 Å². The number of nitrogens with one attached hydrogen (secondary N) is 2. The predicted molar refractivity (Wildman–Crippen MR) is 108 cm³/mol. The molecule has 0 aliphatic rings. The normalized spacial score (nSPS) is 11.8. The highest BCUT2D eigenvalue weighted by Gasteiger charge is 2.10. The molecular formula is C20H22ClN5. The smallest absolute Gasteiger partial charge is 0.225 e. The average Bonchev–Trinajstić information content (AvgIpc) is 2.65. The second-order valence-electron chi connectivity index (χ2n) is 6.25. The molecule has 3 aromatic rings. The van der Waals surface area contributed by atoms with Crippen LogP contribution < -0.4 is 10.6 Å². The van der Waals surface area contributed by atoms with Crippen molar-refractivity contribution < 1.29 is 0 Å². The van der Waals surface area contributed by atoms with Gasteiger partial charge in [0.05, 0.1) is 5.69 Å². The summed E-state index contributed by atoms with van der Waals surface area (Å²) in [5.74, 6) is 1.28. The number of pyridine rings is 1. The number of nitrogens with zero attached hydrogens (tertiary/aromatic N) is 3. The molecule has 2 aromatic heterocycles. The first-order chi connectivity index (χ1) is 12.5. The third-order valence-electron chi connectivity index (χ3n) is 4.12. The van der Waals surface area contributed by atoms with Gasteiger partial charge in [-0.15, -0.1) is 0 Å². The third-order valence-corrected chi connectivity index (χ3v) is 4.52. The van der Waals surface area contributed by atoms with E-state index in [9.17, 15) is 0 Å². The summed E-state index contributed by atoms with van der Waals surface area (Å²) in [6.45, 7) is 6.20. The number of benzene rings is 1. The van der Waals surface area contributed by atoms with Gasteiger partial charge < -0.3 is 10.6 Å². The number of rotatable bonds is 6. The van der Waals surface area contributed by atoms with Crippen LogP contribution in [0.25, 0.3) is 11.3 Å². The third kappa shape index (κ3) is 4.49. The highest BCUT2D eigenvalue weighted by atomic mass is 35.5. The van der Waals surface area contributed by atoms with Crippen molar-refractivity contribution in [3.05, 3.63) is 59.4 Å². The quantitative estimate of drug-likeness (QED) is 0.606. The molecule has 0 saturated carbocycles. The number of hydrogen-bond donors (Lipinski definition) is 2. The van der Waals surface area contributed by atoms with Gasteiger partial charge in [0.1, 0.15) is 5.82 Å². The number of hydrogen-bond acceptors (Lipinski definition) is 5. The molecule has 0 aliphatic heterocycles.